The molecule has 1 N–H and O–H groups in total. The van der Waals surface area contributed by atoms with Gasteiger partial charge in [0.1, 0.15) is 0 Å². The first-order valence-electron chi connectivity index (χ1n) is 5.35. The van der Waals surface area contributed by atoms with Gasteiger partial charge >= 0.3 is 11.9 Å². The molecule has 0 saturated heterocycles. The van der Waals surface area contributed by atoms with Crippen molar-refractivity contribution in [2.45, 2.75) is 19.6 Å². The van der Waals surface area contributed by atoms with Crippen LogP contribution in [0.15, 0.2) is 18.2 Å². The van der Waals surface area contributed by atoms with Crippen LogP contribution in [0.2, 0.25) is 0 Å². The van der Waals surface area contributed by atoms with Crippen molar-refractivity contribution >= 4 is 23.3 Å². The van der Waals surface area contributed by atoms with E-state index in [9.17, 15) is 18.8 Å². The molecule has 1 aromatic rings. The Balaban J connectivity index is 2.53. The number of aliphatic carboxylic acids is 1. The number of carboxylic acid groups (broad SMARTS) is 1. The number of alkyl halides is 1. The van der Waals surface area contributed by atoms with Crippen LogP contribution in [0, 0.1) is 0 Å². The summed E-state index contributed by atoms with van der Waals surface area (Å²) in [7, 11) is 0. The minimum atomic E-state index is -2.55. The Labute approximate surface area is 102 Å². The number of anilines is 1. The average molecular weight is 251 g/mol. The molecule has 0 bridgehead atoms. The molecule has 1 aromatic carbocycles. The first-order chi connectivity index (χ1) is 8.47. The van der Waals surface area contributed by atoms with Crippen molar-refractivity contribution in [3.63, 3.8) is 0 Å². The fourth-order valence-electron chi connectivity index (χ4n) is 1.86. The second kappa shape index (κ2) is 4.21. The lowest BCUT2D eigenvalue weighted by atomic mass is 10.1. The maximum Gasteiger partial charge on any atom is 0.360 e. The second-order valence-corrected chi connectivity index (χ2v) is 3.88. The lowest BCUT2D eigenvalue weighted by molar-refractivity contribution is -0.144. The summed E-state index contributed by atoms with van der Waals surface area (Å²) in [5.41, 5.74) is 0.892. The van der Waals surface area contributed by atoms with Crippen molar-refractivity contribution in [1.82, 2.24) is 0 Å². The molecular formula is C12H10FNO4. The lowest BCUT2D eigenvalue weighted by Crippen LogP contribution is -2.41. The molecule has 1 amide bonds. The Morgan fingerprint density at radius 1 is 1.44 bits per heavy atom. The van der Waals surface area contributed by atoms with Crippen molar-refractivity contribution in [2.24, 2.45) is 0 Å². The highest BCUT2D eigenvalue weighted by Gasteiger charge is 2.42. The van der Waals surface area contributed by atoms with Gasteiger partial charge in [0.15, 0.2) is 0 Å². The zero-order chi connectivity index (χ0) is 13.4. The summed E-state index contributed by atoms with van der Waals surface area (Å²) >= 11 is 0. The zero-order valence-corrected chi connectivity index (χ0v) is 9.51. The van der Waals surface area contributed by atoms with Gasteiger partial charge in [0, 0.05) is 0 Å². The van der Waals surface area contributed by atoms with E-state index in [1.54, 1.807) is 6.07 Å². The topological polar surface area (TPSA) is 74.7 Å². The van der Waals surface area contributed by atoms with Crippen molar-refractivity contribution < 1.29 is 23.9 Å². The number of carbonyl (C=O) groups excluding carboxylic acids is 2. The van der Waals surface area contributed by atoms with Gasteiger partial charge < -0.3 is 5.11 Å². The standard InChI is InChI=1S/C12H10FNO4/c1-2-6-3-4-8-7(5-6)9(15)11(16)14(8)10(13)12(17)18/h3-5,10H,2H2,1H3,(H,17,18). The molecule has 1 heterocycles. The molecule has 1 aliphatic heterocycles. The minimum absolute atomic E-state index is 0.0112. The van der Waals surface area contributed by atoms with Gasteiger partial charge in [-0.25, -0.2) is 9.18 Å². The average Bonchev–Trinajstić information content (AvgIpc) is 2.61. The van der Waals surface area contributed by atoms with E-state index in [0.29, 0.717) is 11.3 Å². The summed E-state index contributed by atoms with van der Waals surface area (Å²) in [5.74, 6) is -3.82. The van der Waals surface area contributed by atoms with Gasteiger partial charge in [0.25, 0.3) is 12.1 Å². The summed E-state index contributed by atoms with van der Waals surface area (Å²) < 4.78 is 13.5. The fourth-order valence-corrected chi connectivity index (χ4v) is 1.86. The number of carbonyl (C=O) groups is 3. The Morgan fingerprint density at radius 2 is 2.11 bits per heavy atom. The molecular weight excluding hydrogens is 241 g/mol. The van der Waals surface area contributed by atoms with Crippen molar-refractivity contribution in [1.29, 1.82) is 0 Å². The Kier molecular flexibility index (Phi) is 2.86. The van der Waals surface area contributed by atoms with Gasteiger partial charge in [-0.3, -0.25) is 14.5 Å². The summed E-state index contributed by atoms with van der Waals surface area (Å²) in [6.07, 6.45) is -1.89. The highest BCUT2D eigenvalue weighted by molar-refractivity contribution is 6.52. The molecule has 0 aliphatic carbocycles. The van der Waals surface area contributed by atoms with Crippen LogP contribution < -0.4 is 4.90 Å². The van der Waals surface area contributed by atoms with Crippen LogP contribution in [0.4, 0.5) is 10.1 Å². The van der Waals surface area contributed by atoms with Gasteiger partial charge in [-0.15, -0.1) is 0 Å². The number of hydrogen-bond acceptors (Lipinski definition) is 3. The molecule has 0 spiro atoms. The Hall–Kier alpha value is -2.24. The Bertz CT molecular complexity index is 555. The van der Waals surface area contributed by atoms with E-state index in [2.05, 4.69) is 0 Å². The number of amides is 1. The predicted octanol–water partition coefficient (Wildman–Crippen LogP) is 1.16. The minimum Gasteiger partial charge on any atom is -0.478 e. The molecule has 0 saturated carbocycles. The molecule has 94 valence electrons. The van der Waals surface area contributed by atoms with Crippen molar-refractivity contribution in [2.75, 3.05) is 4.90 Å². The maximum atomic E-state index is 13.5. The lowest BCUT2D eigenvalue weighted by Gasteiger charge is -2.17. The highest BCUT2D eigenvalue weighted by Crippen LogP contribution is 2.32. The first kappa shape index (κ1) is 12.2. The molecule has 0 aromatic heterocycles. The number of benzene rings is 1. The van der Waals surface area contributed by atoms with E-state index in [1.807, 2.05) is 6.92 Å². The zero-order valence-electron chi connectivity index (χ0n) is 9.51. The number of halogens is 1. The summed E-state index contributed by atoms with van der Waals surface area (Å²) in [6.45, 7) is 1.87. The number of nitrogens with zero attached hydrogens (tertiary/aromatic N) is 1. The number of hydrogen-bond donors (Lipinski definition) is 1. The van der Waals surface area contributed by atoms with Crippen LogP contribution in [-0.2, 0) is 16.0 Å². The number of carboxylic acids is 1. The first-order valence-corrected chi connectivity index (χ1v) is 5.35. The molecule has 5 nitrogen and oxygen atoms in total. The molecule has 18 heavy (non-hydrogen) atoms. The monoisotopic (exact) mass is 251 g/mol. The maximum absolute atomic E-state index is 13.5. The van der Waals surface area contributed by atoms with Crippen LogP contribution in [-0.4, -0.2) is 29.1 Å². The second-order valence-electron chi connectivity index (χ2n) is 3.88. The third-order valence-corrected chi connectivity index (χ3v) is 2.82. The van der Waals surface area contributed by atoms with Crippen LogP contribution in [0.5, 0.6) is 0 Å². The normalized spacial score (nSPS) is 15.8. The molecule has 0 radical (unpaired) electrons. The predicted molar refractivity (Wildman–Crippen MR) is 60.2 cm³/mol. The van der Waals surface area contributed by atoms with E-state index in [4.69, 9.17) is 5.11 Å². The van der Waals surface area contributed by atoms with Gasteiger partial charge in [0.05, 0.1) is 11.3 Å². The van der Waals surface area contributed by atoms with Gasteiger partial charge in [-0.1, -0.05) is 13.0 Å². The number of Topliss-reactive ketones (excluding diaryl/α,β-unsaturated/α-hetero) is 1. The molecule has 1 atom stereocenters. The fraction of sp³-hybridized carbons (Fsp3) is 0.250. The number of aryl methyl sites for hydroxylation is 1. The molecule has 6 heteroatoms. The van der Waals surface area contributed by atoms with E-state index in [-0.39, 0.29) is 11.3 Å². The number of ketones is 1. The van der Waals surface area contributed by atoms with E-state index >= 15 is 0 Å². The smallest absolute Gasteiger partial charge is 0.360 e. The molecule has 1 unspecified atom stereocenters. The van der Waals surface area contributed by atoms with Gasteiger partial charge in [0.2, 0.25) is 0 Å². The Morgan fingerprint density at radius 3 is 2.67 bits per heavy atom. The summed E-state index contributed by atoms with van der Waals surface area (Å²) in [4.78, 5) is 34.2. The van der Waals surface area contributed by atoms with E-state index in [0.717, 1.165) is 5.56 Å². The van der Waals surface area contributed by atoms with Gasteiger partial charge in [-0.05, 0) is 24.1 Å². The van der Waals surface area contributed by atoms with Crippen molar-refractivity contribution in [3.8, 4) is 0 Å². The van der Waals surface area contributed by atoms with E-state index < -0.39 is 24.0 Å². The van der Waals surface area contributed by atoms with E-state index in [1.165, 1.54) is 12.1 Å². The largest absolute Gasteiger partial charge is 0.478 e. The molecule has 0 fully saturated rings. The number of rotatable bonds is 3. The van der Waals surface area contributed by atoms with Crippen LogP contribution in [0.25, 0.3) is 0 Å². The quantitative estimate of drug-likeness (QED) is 0.646. The van der Waals surface area contributed by atoms with Crippen LogP contribution in [0.1, 0.15) is 22.8 Å². The molecule has 1 aliphatic rings. The summed E-state index contributed by atoms with van der Waals surface area (Å²) in [5, 5.41) is 8.59. The molecule has 2 rings (SSSR count). The van der Waals surface area contributed by atoms with Gasteiger partial charge in [-0.2, -0.15) is 0 Å². The van der Waals surface area contributed by atoms with Crippen LogP contribution >= 0.6 is 0 Å². The van der Waals surface area contributed by atoms with Crippen LogP contribution in [0.3, 0.4) is 0 Å². The third kappa shape index (κ3) is 1.66. The highest BCUT2D eigenvalue weighted by atomic mass is 19.1. The SMILES string of the molecule is CCc1ccc2c(c1)C(=O)C(=O)N2C(F)C(=O)O. The third-order valence-electron chi connectivity index (χ3n) is 2.82. The summed E-state index contributed by atoms with van der Waals surface area (Å²) in [6, 6.07) is 4.52. The van der Waals surface area contributed by atoms with Crippen molar-refractivity contribution in [3.05, 3.63) is 29.3 Å². The number of fused-ring (bicyclic) bond motifs is 1.